The Morgan fingerprint density at radius 2 is 1.83 bits per heavy atom. The smallest absolute Gasteiger partial charge is 0.294 e. The molecule has 0 aromatic heterocycles. The SMILES string of the molecule is C[C@H]1CCCC[C@@H]1NC(=O)CN1C(=O)/C(=C\c2ccccc2)Oc2ccccc21. The Balaban J connectivity index is 1.56. The fraction of sp³-hybridized carbons (Fsp3) is 0.333. The molecule has 4 rings (SSSR count). The van der Waals surface area contributed by atoms with E-state index in [0.29, 0.717) is 17.4 Å². The molecule has 2 atom stereocenters. The predicted molar refractivity (Wildman–Crippen MR) is 113 cm³/mol. The normalized spacial score (nSPS) is 22.7. The van der Waals surface area contributed by atoms with Gasteiger partial charge in [-0.25, -0.2) is 0 Å². The van der Waals surface area contributed by atoms with Gasteiger partial charge >= 0.3 is 0 Å². The van der Waals surface area contributed by atoms with Crippen LogP contribution >= 0.6 is 0 Å². The van der Waals surface area contributed by atoms with Crippen molar-refractivity contribution in [3.05, 3.63) is 65.9 Å². The number of amides is 2. The highest BCUT2D eigenvalue weighted by Crippen LogP contribution is 2.35. The van der Waals surface area contributed by atoms with E-state index < -0.39 is 0 Å². The zero-order valence-electron chi connectivity index (χ0n) is 16.6. The zero-order chi connectivity index (χ0) is 20.2. The Labute approximate surface area is 171 Å². The van der Waals surface area contributed by atoms with Crippen molar-refractivity contribution in [2.24, 2.45) is 5.92 Å². The van der Waals surface area contributed by atoms with Gasteiger partial charge in [-0.2, -0.15) is 0 Å². The number of nitrogens with one attached hydrogen (secondary N) is 1. The molecule has 2 aliphatic rings. The quantitative estimate of drug-likeness (QED) is 0.798. The standard InChI is InChI=1S/C24H26N2O3/c1-17-9-5-6-12-19(17)25-23(27)16-26-20-13-7-8-14-21(20)29-22(24(26)28)15-18-10-3-2-4-11-18/h2-4,7-8,10-11,13-15,17,19H,5-6,9,12,16H2,1H3,(H,25,27)/b22-15+/t17-,19-/m0/s1. The fourth-order valence-corrected chi connectivity index (χ4v) is 4.05. The topological polar surface area (TPSA) is 58.6 Å². The lowest BCUT2D eigenvalue weighted by Crippen LogP contribution is -2.48. The van der Waals surface area contributed by atoms with Crippen LogP contribution in [0.15, 0.2) is 60.4 Å². The van der Waals surface area contributed by atoms with E-state index in [4.69, 9.17) is 4.74 Å². The van der Waals surface area contributed by atoms with Gasteiger partial charge in [-0.05, 0) is 42.5 Å². The first kappa shape index (κ1) is 19.2. The largest absolute Gasteiger partial charge is 0.449 e. The maximum atomic E-state index is 13.1. The van der Waals surface area contributed by atoms with Crippen LogP contribution in [0, 0.1) is 5.92 Å². The second-order valence-electron chi connectivity index (χ2n) is 7.82. The molecule has 1 N–H and O–H groups in total. The number of rotatable bonds is 4. The molecule has 0 bridgehead atoms. The molecule has 150 valence electrons. The number of hydrogen-bond donors (Lipinski definition) is 1. The lowest BCUT2D eigenvalue weighted by atomic mass is 9.86. The predicted octanol–water partition coefficient (Wildman–Crippen LogP) is 4.15. The highest BCUT2D eigenvalue weighted by Gasteiger charge is 2.32. The van der Waals surface area contributed by atoms with E-state index in [-0.39, 0.29) is 30.2 Å². The van der Waals surface area contributed by atoms with E-state index in [1.165, 1.54) is 11.3 Å². The van der Waals surface area contributed by atoms with Gasteiger partial charge in [0.25, 0.3) is 5.91 Å². The van der Waals surface area contributed by atoms with Crippen LogP contribution in [0.3, 0.4) is 0 Å². The van der Waals surface area contributed by atoms with Crippen LogP contribution in [0.5, 0.6) is 5.75 Å². The van der Waals surface area contributed by atoms with Crippen LogP contribution in [0.25, 0.3) is 6.08 Å². The molecular weight excluding hydrogens is 364 g/mol. The minimum atomic E-state index is -0.306. The zero-order valence-corrected chi connectivity index (χ0v) is 16.6. The van der Waals surface area contributed by atoms with Crippen molar-refractivity contribution < 1.29 is 14.3 Å². The maximum Gasteiger partial charge on any atom is 0.294 e. The van der Waals surface area contributed by atoms with Crippen molar-refractivity contribution in [2.75, 3.05) is 11.4 Å². The van der Waals surface area contributed by atoms with Crippen molar-refractivity contribution in [3.8, 4) is 5.75 Å². The Hall–Kier alpha value is -3.08. The van der Waals surface area contributed by atoms with Crippen molar-refractivity contribution >= 4 is 23.6 Å². The molecule has 0 unspecified atom stereocenters. The molecule has 0 spiro atoms. The van der Waals surface area contributed by atoms with E-state index in [1.807, 2.05) is 54.6 Å². The van der Waals surface area contributed by atoms with Gasteiger partial charge in [0.05, 0.1) is 5.69 Å². The molecule has 1 aliphatic carbocycles. The summed E-state index contributed by atoms with van der Waals surface area (Å²) >= 11 is 0. The van der Waals surface area contributed by atoms with Gasteiger partial charge in [0.1, 0.15) is 6.54 Å². The number of fused-ring (bicyclic) bond motifs is 1. The fourth-order valence-electron chi connectivity index (χ4n) is 4.05. The van der Waals surface area contributed by atoms with Gasteiger partial charge in [-0.3, -0.25) is 14.5 Å². The Morgan fingerprint density at radius 1 is 1.10 bits per heavy atom. The first-order valence-corrected chi connectivity index (χ1v) is 10.3. The highest BCUT2D eigenvalue weighted by molar-refractivity contribution is 6.12. The molecule has 29 heavy (non-hydrogen) atoms. The molecule has 2 amide bonds. The number of carbonyl (C=O) groups excluding carboxylic acids is 2. The molecule has 5 nitrogen and oxygen atoms in total. The number of nitrogens with zero attached hydrogens (tertiary/aromatic N) is 1. The molecular formula is C24H26N2O3. The Kier molecular flexibility index (Phi) is 5.65. The summed E-state index contributed by atoms with van der Waals surface area (Å²) < 4.78 is 5.87. The average molecular weight is 390 g/mol. The van der Waals surface area contributed by atoms with Crippen molar-refractivity contribution in [3.63, 3.8) is 0 Å². The van der Waals surface area contributed by atoms with Gasteiger partial charge in [0, 0.05) is 6.04 Å². The molecule has 0 radical (unpaired) electrons. The maximum absolute atomic E-state index is 13.1. The molecule has 5 heteroatoms. The third-order valence-corrected chi connectivity index (χ3v) is 5.69. The van der Waals surface area contributed by atoms with Gasteiger partial charge in [-0.1, -0.05) is 62.2 Å². The number of benzene rings is 2. The summed E-state index contributed by atoms with van der Waals surface area (Å²) in [6.45, 7) is 2.16. The monoisotopic (exact) mass is 390 g/mol. The van der Waals surface area contributed by atoms with Gasteiger partial charge in [-0.15, -0.1) is 0 Å². The summed E-state index contributed by atoms with van der Waals surface area (Å²) in [5.41, 5.74) is 1.49. The summed E-state index contributed by atoms with van der Waals surface area (Å²) in [6.07, 6.45) is 6.20. The number of para-hydroxylation sites is 2. The van der Waals surface area contributed by atoms with Crippen LogP contribution in [0.4, 0.5) is 5.69 Å². The molecule has 2 aromatic rings. The minimum absolute atomic E-state index is 0.0193. The van der Waals surface area contributed by atoms with Gasteiger partial charge in [0.2, 0.25) is 5.91 Å². The third-order valence-electron chi connectivity index (χ3n) is 5.69. The summed E-state index contributed by atoms with van der Waals surface area (Å²) in [7, 11) is 0. The molecule has 1 saturated carbocycles. The number of anilines is 1. The minimum Gasteiger partial charge on any atom is -0.449 e. The summed E-state index contributed by atoms with van der Waals surface area (Å²) in [5.74, 6) is 0.822. The van der Waals surface area contributed by atoms with Gasteiger partial charge < -0.3 is 10.1 Å². The van der Waals surface area contributed by atoms with E-state index >= 15 is 0 Å². The van der Waals surface area contributed by atoms with Crippen LogP contribution < -0.4 is 15.0 Å². The van der Waals surface area contributed by atoms with Gasteiger partial charge in [0.15, 0.2) is 11.5 Å². The van der Waals surface area contributed by atoms with Crippen molar-refractivity contribution in [1.82, 2.24) is 5.32 Å². The lowest BCUT2D eigenvalue weighted by Gasteiger charge is -2.32. The van der Waals surface area contributed by atoms with Crippen molar-refractivity contribution in [2.45, 2.75) is 38.6 Å². The van der Waals surface area contributed by atoms with E-state index in [0.717, 1.165) is 24.8 Å². The number of hydrogen-bond acceptors (Lipinski definition) is 3. The third kappa shape index (κ3) is 4.34. The first-order chi connectivity index (χ1) is 14.1. The van der Waals surface area contributed by atoms with Crippen LogP contribution in [-0.4, -0.2) is 24.4 Å². The number of ether oxygens (including phenoxy) is 1. The number of carbonyl (C=O) groups is 2. The van der Waals surface area contributed by atoms with Crippen LogP contribution in [0.2, 0.25) is 0 Å². The van der Waals surface area contributed by atoms with E-state index in [1.54, 1.807) is 6.08 Å². The second-order valence-corrected chi connectivity index (χ2v) is 7.82. The van der Waals surface area contributed by atoms with E-state index in [9.17, 15) is 9.59 Å². The highest BCUT2D eigenvalue weighted by atomic mass is 16.5. The Bertz CT molecular complexity index is 923. The molecule has 0 saturated heterocycles. The summed E-state index contributed by atoms with van der Waals surface area (Å²) in [6, 6.07) is 17.1. The first-order valence-electron chi connectivity index (χ1n) is 10.3. The van der Waals surface area contributed by atoms with Crippen molar-refractivity contribution in [1.29, 1.82) is 0 Å². The second kappa shape index (κ2) is 8.52. The Morgan fingerprint density at radius 3 is 2.62 bits per heavy atom. The lowest BCUT2D eigenvalue weighted by molar-refractivity contribution is -0.124. The molecule has 1 fully saturated rings. The summed E-state index contributed by atoms with van der Waals surface area (Å²) in [5, 5.41) is 3.14. The van der Waals surface area contributed by atoms with E-state index in [2.05, 4.69) is 12.2 Å². The molecule has 1 heterocycles. The average Bonchev–Trinajstić information content (AvgIpc) is 2.73. The van der Waals surface area contributed by atoms with Crippen LogP contribution in [-0.2, 0) is 9.59 Å². The van der Waals surface area contributed by atoms with Crippen LogP contribution in [0.1, 0.15) is 38.2 Å². The molecule has 2 aromatic carbocycles. The summed E-state index contributed by atoms with van der Waals surface area (Å²) in [4.78, 5) is 27.4. The molecule has 1 aliphatic heterocycles.